The van der Waals surface area contributed by atoms with E-state index in [1.165, 1.54) is 11.1 Å². The Labute approximate surface area is 91.4 Å². The van der Waals surface area contributed by atoms with Crippen molar-refractivity contribution in [3.63, 3.8) is 0 Å². The molecule has 1 aliphatic heterocycles. The molecule has 1 aromatic carbocycles. The molecule has 1 aliphatic rings. The summed E-state index contributed by atoms with van der Waals surface area (Å²) in [4.78, 5) is 0. The minimum Gasteiger partial charge on any atom is -0.487 e. The van der Waals surface area contributed by atoms with E-state index >= 15 is 0 Å². The molecular formula is C13H19NO. The molecule has 2 nitrogen and oxygen atoms in total. The number of aryl methyl sites for hydroxylation is 1. The molecule has 1 heterocycles. The second-order valence-electron chi connectivity index (χ2n) is 4.73. The second kappa shape index (κ2) is 3.86. The summed E-state index contributed by atoms with van der Waals surface area (Å²) < 4.78 is 6.02. The molecule has 1 atom stereocenters. The molecule has 82 valence electrons. The second-order valence-corrected chi connectivity index (χ2v) is 4.73. The summed E-state index contributed by atoms with van der Waals surface area (Å²) in [6.07, 6.45) is 3.09. The third-order valence-electron chi connectivity index (χ3n) is 3.05. The topological polar surface area (TPSA) is 35.2 Å². The van der Waals surface area contributed by atoms with Gasteiger partial charge in [0.1, 0.15) is 11.4 Å². The highest BCUT2D eigenvalue weighted by molar-refractivity contribution is 5.41. The molecule has 0 fully saturated rings. The van der Waals surface area contributed by atoms with E-state index in [1.807, 2.05) is 0 Å². The minimum absolute atomic E-state index is 0.0322. The summed E-state index contributed by atoms with van der Waals surface area (Å²) in [6, 6.07) is 6.46. The fourth-order valence-corrected chi connectivity index (χ4v) is 2.22. The molecule has 0 spiro atoms. The molecule has 0 amide bonds. The molecule has 2 heteroatoms. The first kappa shape index (κ1) is 10.5. The molecule has 2 rings (SSSR count). The van der Waals surface area contributed by atoms with Crippen LogP contribution >= 0.6 is 0 Å². The Bertz CT molecular complexity index is 362. The van der Waals surface area contributed by atoms with Crippen LogP contribution in [0.2, 0.25) is 0 Å². The number of hydrogen-bond donors (Lipinski definition) is 1. The summed E-state index contributed by atoms with van der Waals surface area (Å²) in [5, 5.41) is 0. The van der Waals surface area contributed by atoms with Crippen LogP contribution in [0.4, 0.5) is 0 Å². The number of rotatable bonds is 3. The van der Waals surface area contributed by atoms with Crippen LogP contribution in [-0.2, 0) is 6.42 Å². The van der Waals surface area contributed by atoms with Gasteiger partial charge in [0.25, 0.3) is 0 Å². The van der Waals surface area contributed by atoms with Crippen molar-refractivity contribution in [1.29, 1.82) is 0 Å². The van der Waals surface area contributed by atoms with E-state index in [1.54, 1.807) is 0 Å². The van der Waals surface area contributed by atoms with Crippen molar-refractivity contribution in [2.75, 3.05) is 6.54 Å². The molecule has 15 heavy (non-hydrogen) atoms. The molecule has 1 unspecified atom stereocenters. The van der Waals surface area contributed by atoms with Crippen LogP contribution in [0, 0.1) is 6.92 Å². The lowest BCUT2D eigenvalue weighted by atomic mass is 9.94. The number of fused-ring (bicyclic) bond motifs is 1. The highest BCUT2D eigenvalue weighted by Gasteiger charge is 2.33. The van der Waals surface area contributed by atoms with Crippen LogP contribution in [-0.4, -0.2) is 12.1 Å². The number of nitrogens with two attached hydrogens (primary N) is 1. The highest BCUT2D eigenvalue weighted by atomic mass is 16.5. The van der Waals surface area contributed by atoms with Crippen LogP contribution in [0.15, 0.2) is 18.2 Å². The third-order valence-corrected chi connectivity index (χ3v) is 3.05. The Balaban J connectivity index is 2.14. The van der Waals surface area contributed by atoms with Gasteiger partial charge in [-0.15, -0.1) is 0 Å². The van der Waals surface area contributed by atoms with Gasteiger partial charge >= 0.3 is 0 Å². The smallest absolute Gasteiger partial charge is 0.123 e. The first-order valence-corrected chi connectivity index (χ1v) is 5.62. The Hall–Kier alpha value is -1.02. The minimum atomic E-state index is -0.0322. The Kier molecular flexibility index (Phi) is 2.70. The highest BCUT2D eigenvalue weighted by Crippen LogP contribution is 2.37. The average molecular weight is 205 g/mol. The van der Waals surface area contributed by atoms with Crippen molar-refractivity contribution in [3.05, 3.63) is 29.3 Å². The lowest BCUT2D eigenvalue weighted by Gasteiger charge is -2.23. The van der Waals surface area contributed by atoms with E-state index in [9.17, 15) is 0 Å². The van der Waals surface area contributed by atoms with Gasteiger partial charge in [-0.1, -0.05) is 12.1 Å². The Morgan fingerprint density at radius 3 is 3.00 bits per heavy atom. The normalized spacial score (nSPS) is 23.7. The maximum Gasteiger partial charge on any atom is 0.123 e. The maximum atomic E-state index is 6.02. The van der Waals surface area contributed by atoms with Gasteiger partial charge < -0.3 is 10.5 Å². The average Bonchev–Trinajstić information content (AvgIpc) is 2.51. The van der Waals surface area contributed by atoms with Gasteiger partial charge in [0.05, 0.1) is 0 Å². The molecule has 2 N–H and O–H groups in total. The first-order chi connectivity index (χ1) is 7.13. The molecular weight excluding hydrogens is 186 g/mol. The zero-order valence-corrected chi connectivity index (χ0v) is 9.55. The Morgan fingerprint density at radius 1 is 1.47 bits per heavy atom. The summed E-state index contributed by atoms with van der Waals surface area (Å²) in [7, 11) is 0. The molecule has 0 saturated carbocycles. The van der Waals surface area contributed by atoms with E-state index in [4.69, 9.17) is 10.5 Å². The van der Waals surface area contributed by atoms with Gasteiger partial charge in [-0.3, -0.25) is 0 Å². The van der Waals surface area contributed by atoms with E-state index in [0.717, 1.165) is 31.6 Å². The van der Waals surface area contributed by atoms with Gasteiger partial charge in [0.2, 0.25) is 0 Å². The predicted molar refractivity (Wildman–Crippen MR) is 62.2 cm³/mol. The lowest BCUT2D eigenvalue weighted by molar-refractivity contribution is 0.104. The van der Waals surface area contributed by atoms with E-state index < -0.39 is 0 Å². The van der Waals surface area contributed by atoms with Gasteiger partial charge in [0.15, 0.2) is 0 Å². The zero-order chi connectivity index (χ0) is 10.9. The molecule has 0 radical (unpaired) electrons. The molecule has 0 saturated heterocycles. The van der Waals surface area contributed by atoms with Gasteiger partial charge in [-0.2, -0.15) is 0 Å². The van der Waals surface area contributed by atoms with Crippen molar-refractivity contribution in [1.82, 2.24) is 0 Å². The molecule has 1 aromatic rings. The van der Waals surface area contributed by atoms with Crippen LogP contribution in [0.3, 0.4) is 0 Å². The number of ether oxygens (including phenoxy) is 1. The van der Waals surface area contributed by atoms with Crippen molar-refractivity contribution < 1.29 is 4.74 Å². The zero-order valence-electron chi connectivity index (χ0n) is 9.55. The summed E-state index contributed by atoms with van der Waals surface area (Å²) in [6.45, 7) is 5.02. The largest absolute Gasteiger partial charge is 0.487 e. The Morgan fingerprint density at radius 2 is 2.27 bits per heavy atom. The summed E-state index contributed by atoms with van der Waals surface area (Å²) in [5.74, 6) is 1.06. The third kappa shape index (κ3) is 2.15. The monoisotopic (exact) mass is 205 g/mol. The fourth-order valence-electron chi connectivity index (χ4n) is 2.22. The molecule has 0 aromatic heterocycles. The molecule has 0 bridgehead atoms. The predicted octanol–water partition coefficient (Wildman–Crippen LogP) is 2.43. The van der Waals surface area contributed by atoms with Gasteiger partial charge in [-0.25, -0.2) is 0 Å². The fraction of sp³-hybridized carbons (Fsp3) is 0.538. The van der Waals surface area contributed by atoms with Crippen molar-refractivity contribution in [2.45, 2.75) is 38.7 Å². The number of benzene rings is 1. The van der Waals surface area contributed by atoms with E-state index in [2.05, 4.69) is 32.0 Å². The summed E-state index contributed by atoms with van der Waals surface area (Å²) in [5.41, 5.74) is 8.10. The maximum absolute atomic E-state index is 6.02. The standard InChI is InChI=1S/C13H19NO/c1-10-4-5-11-9-13(2,6-3-7-14)15-12(11)8-10/h4-5,8H,3,6-7,9,14H2,1-2H3. The molecule has 0 aliphatic carbocycles. The quantitative estimate of drug-likeness (QED) is 0.822. The van der Waals surface area contributed by atoms with Crippen LogP contribution < -0.4 is 10.5 Å². The first-order valence-electron chi connectivity index (χ1n) is 5.62. The van der Waals surface area contributed by atoms with E-state index in [0.29, 0.717) is 0 Å². The number of hydrogen-bond acceptors (Lipinski definition) is 2. The van der Waals surface area contributed by atoms with E-state index in [-0.39, 0.29) is 5.60 Å². The van der Waals surface area contributed by atoms with Crippen LogP contribution in [0.5, 0.6) is 5.75 Å². The lowest BCUT2D eigenvalue weighted by Crippen LogP contribution is -2.30. The van der Waals surface area contributed by atoms with Crippen molar-refractivity contribution >= 4 is 0 Å². The van der Waals surface area contributed by atoms with Gasteiger partial charge in [-0.05, 0) is 50.4 Å². The van der Waals surface area contributed by atoms with Crippen molar-refractivity contribution in [2.24, 2.45) is 5.73 Å². The summed E-state index contributed by atoms with van der Waals surface area (Å²) >= 11 is 0. The van der Waals surface area contributed by atoms with Crippen LogP contribution in [0.1, 0.15) is 30.9 Å². The SMILES string of the molecule is Cc1ccc2c(c1)OC(C)(CCCN)C2. The van der Waals surface area contributed by atoms with Crippen LogP contribution in [0.25, 0.3) is 0 Å². The van der Waals surface area contributed by atoms with Crippen molar-refractivity contribution in [3.8, 4) is 5.75 Å². The van der Waals surface area contributed by atoms with Gasteiger partial charge in [0, 0.05) is 6.42 Å².